The first-order valence-electron chi connectivity index (χ1n) is 4.89. The molecule has 2 N–H and O–H groups in total. The number of carbonyl (C=O) groups is 1. The Kier molecular flexibility index (Phi) is 4.85. The van der Waals surface area contributed by atoms with Crippen molar-refractivity contribution in [3.8, 4) is 0 Å². The number of nitrogens with one attached hydrogen (secondary N) is 1. The van der Waals surface area contributed by atoms with E-state index in [9.17, 15) is 4.79 Å². The van der Waals surface area contributed by atoms with Crippen molar-refractivity contribution in [1.82, 2.24) is 5.32 Å². The Morgan fingerprint density at radius 1 is 1.50 bits per heavy atom. The van der Waals surface area contributed by atoms with E-state index in [2.05, 4.69) is 39.6 Å². The fraction of sp³-hybridized carbons (Fsp3) is 0.727. The molecular weight excluding hydrogens is 178 g/mol. The van der Waals surface area contributed by atoms with Crippen LogP contribution in [0.15, 0.2) is 12.2 Å². The molecule has 0 saturated heterocycles. The topological polar surface area (TPSA) is 49.3 Å². The third-order valence-corrected chi connectivity index (χ3v) is 2.78. The summed E-state index contributed by atoms with van der Waals surface area (Å²) in [4.78, 5) is 10.4. The molecule has 0 atom stereocenters. The fourth-order valence-corrected chi connectivity index (χ4v) is 0.815. The number of rotatable bonds is 6. The van der Waals surface area contributed by atoms with E-state index in [1.54, 1.807) is 0 Å². The average Bonchev–Trinajstić information content (AvgIpc) is 2.03. The highest BCUT2D eigenvalue weighted by Crippen LogP contribution is 2.24. The fourth-order valence-electron chi connectivity index (χ4n) is 0.815. The molecule has 0 heterocycles. The van der Waals surface area contributed by atoms with Crippen LogP contribution in [-0.4, -0.2) is 24.2 Å². The maximum absolute atomic E-state index is 10.4. The van der Waals surface area contributed by atoms with Crippen molar-refractivity contribution in [2.45, 2.75) is 27.7 Å². The third kappa shape index (κ3) is 4.42. The van der Waals surface area contributed by atoms with Gasteiger partial charge in [0.15, 0.2) is 0 Å². The Hall–Kier alpha value is -0.830. The minimum atomic E-state index is -0.931. The van der Waals surface area contributed by atoms with Gasteiger partial charge in [0.2, 0.25) is 0 Å². The zero-order valence-corrected chi connectivity index (χ0v) is 9.55. The molecule has 82 valence electrons. The van der Waals surface area contributed by atoms with Crippen LogP contribution in [0.1, 0.15) is 27.7 Å². The van der Waals surface area contributed by atoms with Gasteiger partial charge in [0.1, 0.15) is 0 Å². The van der Waals surface area contributed by atoms with Gasteiger partial charge in [0.05, 0.1) is 0 Å². The van der Waals surface area contributed by atoms with Gasteiger partial charge >= 0.3 is 5.97 Å². The van der Waals surface area contributed by atoms with Gasteiger partial charge in [-0.1, -0.05) is 34.3 Å². The third-order valence-electron chi connectivity index (χ3n) is 2.78. The van der Waals surface area contributed by atoms with Crippen LogP contribution in [0.3, 0.4) is 0 Å². The lowest BCUT2D eigenvalue weighted by molar-refractivity contribution is -0.132. The van der Waals surface area contributed by atoms with Crippen LogP contribution in [0, 0.1) is 11.3 Å². The Morgan fingerprint density at radius 3 is 2.36 bits per heavy atom. The van der Waals surface area contributed by atoms with E-state index in [-0.39, 0.29) is 11.0 Å². The van der Waals surface area contributed by atoms with Crippen LogP contribution < -0.4 is 5.32 Å². The Balaban J connectivity index is 3.85. The Morgan fingerprint density at radius 2 is 2.00 bits per heavy atom. The lowest BCUT2D eigenvalue weighted by Crippen LogP contribution is -2.35. The summed E-state index contributed by atoms with van der Waals surface area (Å²) in [6, 6.07) is 0. The van der Waals surface area contributed by atoms with Crippen LogP contribution in [0.2, 0.25) is 0 Å². The van der Waals surface area contributed by atoms with E-state index in [4.69, 9.17) is 5.11 Å². The molecule has 0 bridgehead atoms. The second-order valence-corrected chi connectivity index (χ2v) is 4.66. The number of hydrogen-bond acceptors (Lipinski definition) is 2. The second kappa shape index (κ2) is 5.15. The highest BCUT2D eigenvalue weighted by Gasteiger charge is 2.21. The van der Waals surface area contributed by atoms with Crippen LogP contribution in [0.25, 0.3) is 0 Å². The molecule has 0 saturated carbocycles. The molecule has 0 aliphatic carbocycles. The van der Waals surface area contributed by atoms with E-state index in [1.165, 1.54) is 0 Å². The molecular formula is C11H21NO2. The predicted octanol–water partition coefficient (Wildman–Crippen LogP) is 1.90. The van der Waals surface area contributed by atoms with E-state index in [0.29, 0.717) is 12.5 Å². The first-order chi connectivity index (χ1) is 6.27. The molecule has 0 rings (SSSR count). The molecule has 0 aliphatic rings. The summed E-state index contributed by atoms with van der Waals surface area (Å²) in [5.41, 5.74) is 0.392. The van der Waals surface area contributed by atoms with E-state index in [1.807, 2.05) is 0 Å². The second-order valence-electron chi connectivity index (χ2n) is 4.66. The van der Waals surface area contributed by atoms with Crippen molar-refractivity contribution in [1.29, 1.82) is 0 Å². The summed E-state index contributed by atoms with van der Waals surface area (Å²) in [7, 11) is 0. The van der Waals surface area contributed by atoms with Crippen molar-refractivity contribution in [2.24, 2.45) is 11.3 Å². The standard InChI is InChI=1S/C11H21NO2/c1-8(2)11(4,5)7-12-6-9(3)10(13)14/h8,12H,3,6-7H2,1-2,4-5H3,(H,13,14). The molecule has 3 nitrogen and oxygen atoms in total. The molecule has 0 aromatic carbocycles. The molecule has 0 unspecified atom stereocenters. The van der Waals surface area contributed by atoms with Crippen molar-refractivity contribution in [3.05, 3.63) is 12.2 Å². The lowest BCUT2D eigenvalue weighted by atomic mass is 9.81. The Labute approximate surface area is 86.2 Å². The molecule has 0 amide bonds. The molecule has 0 aromatic rings. The molecule has 0 aromatic heterocycles. The van der Waals surface area contributed by atoms with Crippen molar-refractivity contribution < 1.29 is 9.90 Å². The van der Waals surface area contributed by atoms with Crippen molar-refractivity contribution in [2.75, 3.05) is 13.1 Å². The largest absolute Gasteiger partial charge is 0.478 e. The average molecular weight is 199 g/mol. The first-order valence-corrected chi connectivity index (χ1v) is 4.89. The highest BCUT2D eigenvalue weighted by molar-refractivity contribution is 5.86. The van der Waals surface area contributed by atoms with Gasteiger partial charge in [-0.05, 0) is 11.3 Å². The van der Waals surface area contributed by atoms with Crippen LogP contribution in [0.5, 0.6) is 0 Å². The first kappa shape index (κ1) is 13.2. The quantitative estimate of drug-likeness (QED) is 0.642. The van der Waals surface area contributed by atoms with Gasteiger partial charge in [-0.3, -0.25) is 0 Å². The Bertz CT molecular complexity index is 219. The van der Waals surface area contributed by atoms with E-state index >= 15 is 0 Å². The van der Waals surface area contributed by atoms with Gasteiger partial charge in [0, 0.05) is 18.7 Å². The summed E-state index contributed by atoms with van der Waals surface area (Å²) >= 11 is 0. The smallest absolute Gasteiger partial charge is 0.332 e. The van der Waals surface area contributed by atoms with Crippen LogP contribution in [-0.2, 0) is 4.79 Å². The molecule has 3 heteroatoms. The molecule has 0 aliphatic heterocycles. The summed E-state index contributed by atoms with van der Waals surface area (Å²) in [5, 5.41) is 11.7. The molecule has 14 heavy (non-hydrogen) atoms. The zero-order chi connectivity index (χ0) is 11.4. The van der Waals surface area contributed by atoms with Gasteiger partial charge in [0.25, 0.3) is 0 Å². The van der Waals surface area contributed by atoms with Gasteiger partial charge in [-0.2, -0.15) is 0 Å². The maximum Gasteiger partial charge on any atom is 0.332 e. The zero-order valence-electron chi connectivity index (χ0n) is 9.55. The summed E-state index contributed by atoms with van der Waals surface area (Å²) in [6.45, 7) is 13.3. The number of carboxylic acid groups (broad SMARTS) is 1. The monoisotopic (exact) mass is 199 g/mol. The minimum Gasteiger partial charge on any atom is -0.478 e. The SMILES string of the molecule is C=C(CNCC(C)(C)C(C)C)C(=O)O. The number of aliphatic carboxylic acids is 1. The molecule has 0 spiro atoms. The maximum atomic E-state index is 10.4. The van der Waals surface area contributed by atoms with E-state index in [0.717, 1.165) is 6.54 Å². The van der Waals surface area contributed by atoms with Gasteiger partial charge < -0.3 is 10.4 Å². The highest BCUT2D eigenvalue weighted by atomic mass is 16.4. The number of carboxylic acids is 1. The number of hydrogen-bond donors (Lipinski definition) is 2. The summed E-state index contributed by atoms with van der Waals surface area (Å²) in [6.07, 6.45) is 0. The van der Waals surface area contributed by atoms with Gasteiger partial charge in [-0.15, -0.1) is 0 Å². The van der Waals surface area contributed by atoms with E-state index < -0.39 is 5.97 Å². The van der Waals surface area contributed by atoms with Gasteiger partial charge in [-0.25, -0.2) is 4.79 Å². The van der Waals surface area contributed by atoms with Crippen LogP contribution >= 0.6 is 0 Å². The minimum absolute atomic E-state index is 0.179. The van der Waals surface area contributed by atoms with Crippen LogP contribution in [0.4, 0.5) is 0 Å². The molecule has 0 radical (unpaired) electrons. The lowest BCUT2D eigenvalue weighted by Gasteiger charge is -2.29. The predicted molar refractivity (Wildman–Crippen MR) is 58.3 cm³/mol. The van der Waals surface area contributed by atoms with Crippen molar-refractivity contribution in [3.63, 3.8) is 0 Å². The summed E-state index contributed by atoms with van der Waals surface area (Å²) < 4.78 is 0. The van der Waals surface area contributed by atoms with Crippen molar-refractivity contribution >= 4 is 5.97 Å². The summed E-state index contributed by atoms with van der Waals surface area (Å²) in [5.74, 6) is -0.368. The molecule has 0 fully saturated rings. The normalized spacial score (nSPS) is 11.8.